The molecule has 6 nitrogen and oxygen atoms in total. The Morgan fingerprint density at radius 3 is 2.81 bits per heavy atom. The molecule has 1 aromatic carbocycles. The fourth-order valence-corrected chi connectivity index (χ4v) is 5.05. The normalized spacial score (nSPS) is 25.3. The molecule has 1 saturated carbocycles. The lowest BCUT2D eigenvalue weighted by molar-refractivity contribution is -0.117. The molecule has 2 fully saturated rings. The number of nitrogens with one attached hydrogen (secondary N) is 2. The maximum atomic E-state index is 15.0. The standard InChI is InChI=1S/C18H24FN3O3S/c19-17-14-7-12(9-20-5-4-11-2-1-3-11)6-13(14)8-15(23)18(17)22-10-16(24)21-26(22)25/h8,11-12,20,23H,1-7,9-10H2,(H,21,24). The number of halogens is 1. The quantitative estimate of drug-likeness (QED) is 0.653. The van der Waals surface area contributed by atoms with Crippen molar-refractivity contribution in [3.8, 4) is 5.75 Å². The van der Waals surface area contributed by atoms with E-state index >= 15 is 4.39 Å². The lowest BCUT2D eigenvalue weighted by atomic mass is 9.83. The van der Waals surface area contributed by atoms with Crippen molar-refractivity contribution >= 4 is 22.8 Å². The van der Waals surface area contributed by atoms with Crippen molar-refractivity contribution in [1.29, 1.82) is 0 Å². The monoisotopic (exact) mass is 381 g/mol. The highest BCUT2D eigenvalue weighted by molar-refractivity contribution is 7.85. The zero-order valence-electron chi connectivity index (χ0n) is 14.6. The largest absolute Gasteiger partial charge is 0.506 e. The third-order valence-corrected chi connectivity index (χ3v) is 6.85. The van der Waals surface area contributed by atoms with Crippen LogP contribution in [0.25, 0.3) is 0 Å². The highest BCUT2D eigenvalue weighted by atomic mass is 32.2. The second-order valence-electron chi connectivity index (χ2n) is 7.57. The third kappa shape index (κ3) is 3.32. The summed E-state index contributed by atoms with van der Waals surface area (Å²) in [6.07, 6.45) is 6.57. The molecule has 4 rings (SSSR count). The van der Waals surface area contributed by atoms with Crippen LogP contribution in [0.1, 0.15) is 36.8 Å². The molecular formula is C18H24FN3O3S. The molecule has 2 unspecified atom stereocenters. The summed E-state index contributed by atoms with van der Waals surface area (Å²) in [6.45, 7) is 1.60. The van der Waals surface area contributed by atoms with E-state index in [-0.39, 0.29) is 18.0 Å². The number of hydrogen-bond donors (Lipinski definition) is 3. The smallest absolute Gasteiger partial charge is 0.253 e. The molecule has 1 amide bonds. The van der Waals surface area contributed by atoms with Crippen molar-refractivity contribution in [3.63, 3.8) is 0 Å². The van der Waals surface area contributed by atoms with Crippen LogP contribution in [0.2, 0.25) is 0 Å². The van der Waals surface area contributed by atoms with Gasteiger partial charge in [0.05, 0.1) is 0 Å². The van der Waals surface area contributed by atoms with E-state index in [9.17, 15) is 14.1 Å². The maximum Gasteiger partial charge on any atom is 0.253 e. The molecule has 1 heterocycles. The van der Waals surface area contributed by atoms with Crippen LogP contribution in [-0.4, -0.2) is 34.9 Å². The van der Waals surface area contributed by atoms with Gasteiger partial charge in [-0.1, -0.05) is 19.3 Å². The molecule has 2 atom stereocenters. The fraction of sp³-hybridized carbons (Fsp3) is 0.611. The first kappa shape index (κ1) is 17.7. The minimum Gasteiger partial charge on any atom is -0.506 e. The second kappa shape index (κ2) is 7.15. The van der Waals surface area contributed by atoms with Gasteiger partial charge < -0.3 is 10.4 Å². The lowest BCUT2D eigenvalue weighted by Gasteiger charge is -2.25. The number of carbonyl (C=O) groups is 1. The summed E-state index contributed by atoms with van der Waals surface area (Å²) in [4.78, 5) is 11.4. The van der Waals surface area contributed by atoms with Crippen LogP contribution >= 0.6 is 0 Å². The van der Waals surface area contributed by atoms with E-state index in [0.29, 0.717) is 17.9 Å². The van der Waals surface area contributed by atoms with Gasteiger partial charge in [-0.2, -0.15) is 0 Å². The van der Waals surface area contributed by atoms with Crippen LogP contribution in [0, 0.1) is 17.7 Å². The van der Waals surface area contributed by atoms with Crippen LogP contribution in [0.15, 0.2) is 6.07 Å². The first-order chi connectivity index (χ1) is 12.5. The molecule has 0 spiro atoms. The molecule has 2 aliphatic carbocycles. The molecule has 8 heteroatoms. The number of nitrogens with zero attached hydrogens (tertiary/aromatic N) is 1. The Bertz CT molecular complexity index is 754. The predicted molar refractivity (Wildman–Crippen MR) is 97.4 cm³/mol. The van der Waals surface area contributed by atoms with Crippen LogP contribution in [0.3, 0.4) is 0 Å². The summed E-state index contributed by atoms with van der Waals surface area (Å²) >= 11 is -1.85. The maximum absolute atomic E-state index is 15.0. The minimum atomic E-state index is -1.85. The van der Waals surface area contributed by atoms with Crippen LogP contribution in [0.5, 0.6) is 5.75 Å². The fourth-order valence-electron chi connectivity index (χ4n) is 4.10. The SMILES string of the molecule is O=C1CN(c2c(O)cc3c(c2F)CC(CNCCC2CCC2)C3)S(=O)N1. The zero-order valence-corrected chi connectivity index (χ0v) is 15.4. The van der Waals surface area contributed by atoms with Crippen molar-refractivity contribution in [2.45, 2.75) is 38.5 Å². The van der Waals surface area contributed by atoms with E-state index in [1.807, 2.05) is 0 Å². The van der Waals surface area contributed by atoms with Gasteiger partial charge in [-0.3, -0.25) is 13.8 Å². The van der Waals surface area contributed by atoms with E-state index in [2.05, 4.69) is 10.0 Å². The van der Waals surface area contributed by atoms with Gasteiger partial charge in [0.1, 0.15) is 18.0 Å². The minimum absolute atomic E-state index is 0.140. The predicted octanol–water partition coefficient (Wildman–Crippen LogP) is 1.54. The molecule has 3 N–H and O–H groups in total. The Hall–Kier alpha value is -1.67. The van der Waals surface area contributed by atoms with E-state index in [1.54, 1.807) is 6.07 Å². The summed E-state index contributed by atoms with van der Waals surface area (Å²) in [6, 6.07) is 1.56. The molecule has 26 heavy (non-hydrogen) atoms. The molecule has 0 aromatic heterocycles. The molecule has 142 valence electrons. The van der Waals surface area contributed by atoms with Crippen molar-refractivity contribution in [2.24, 2.45) is 11.8 Å². The summed E-state index contributed by atoms with van der Waals surface area (Å²) in [5.41, 5.74) is 1.23. The first-order valence-electron chi connectivity index (χ1n) is 9.25. The average Bonchev–Trinajstić information content (AvgIpc) is 3.08. The molecule has 1 saturated heterocycles. The number of amides is 1. The lowest BCUT2D eigenvalue weighted by Crippen LogP contribution is -2.27. The number of benzene rings is 1. The molecular weight excluding hydrogens is 357 g/mol. The van der Waals surface area contributed by atoms with Gasteiger partial charge in [0.2, 0.25) is 11.2 Å². The van der Waals surface area contributed by atoms with Gasteiger partial charge >= 0.3 is 0 Å². The van der Waals surface area contributed by atoms with Crippen LogP contribution in [0.4, 0.5) is 10.1 Å². The van der Waals surface area contributed by atoms with Gasteiger partial charge in [0.25, 0.3) is 5.91 Å². The Balaban J connectivity index is 1.42. The summed E-state index contributed by atoms with van der Waals surface area (Å²) < 4.78 is 30.2. The van der Waals surface area contributed by atoms with Crippen LogP contribution in [-0.2, 0) is 28.8 Å². The Kier molecular flexibility index (Phi) is 4.88. The van der Waals surface area contributed by atoms with E-state index < -0.39 is 22.9 Å². The Labute approximate surface area is 154 Å². The number of aromatic hydroxyl groups is 1. The Morgan fingerprint density at radius 2 is 2.15 bits per heavy atom. The molecule has 1 aliphatic heterocycles. The van der Waals surface area contributed by atoms with Gasteiger partial charge in [-0.15, -0.1) is 0 Å². The highest BCUT2D eigenvalue weighted by Gasteiger charge is 2.35. The van der Waals surface area contributed by atoms with E-state index in [0.717, 1.165) is 35.3 Å². The summed E-state index contributed by atoms with van der Waals surface area (Å²) in [7, 11) is 0. The average molecular weight is 381 g/mol. The number of fused-ring (bicyclic) bond motifs is 1. The van der Waals surface area contributed by atoms with E-state index in [4.69, 9.17) is 0 Å². The summed E-state index contributed by atoms with van der Waals surface area (Å²) in [5, 5.41) is 13.7. The number of phenols is 1. The molecule has 0 bridgehead atoms. The zero-order chi connectivity index (χ0) is 18.3. The number of anilines is 1. The van der Waals surface area contributed by atoms with Gasteiger partial charge in [0, 0.05) is 0 Å². The van der Waals surface area contributed by atoms with Gasteiger partial charge in [0.15, 0.2) is 5.82 Å². The third-order valence-electron chi connectivity index (χ3n) is 5.74. The van der Waals surface area contributed by atoms with Gasteiger partial charge in [-0.05, 0) is 61.4 Å². The number of hydrogen-bond acceptors (Lipinski definition) is 4. The number of rotatable bonds is 6. The van der Waals surface area contributed by atoms with Crippen molar-refractivity contribution < 1.29 is 18.5 Å². The second-order valence-corrected chi connectivity index (χ2v) is 8.71. The van der Waals surface area contributed by atoms with E-state index in [1.165, 1.54) is 25.7 Å². The molecule has 3 aliphatic rings. The molecule has 0 radical (unpaired) electrons. The number of carbonyl (C=O) groups excluding carboxylic acids is 1. The van der Waals surface area contributed by atoms with Crippen molar-refractivity contribution in [1.82, 2.24) is 10.0 Å². The highest BCUT2D eigenvalue weighted by Crippen LogP contribution is 2.40. The number of phenolic OH excluding ortho intramolecular Hbond substituents is 1. The Morgan fingerprint density at radius 1 is 1.35 bits per heavy atom. The van der Waals surface area contributed by atoms with Gasteiger partial charge in [-0.25, -0.2) is 8.60 Å². The van der Waals surface area contributed by atoms with Crippen molar-refractivity contribution in [2.75, 3.05) is 23.9 Å². The molecule has 1 aromatic rings. The van der Waals surface area contributed by atoms with Crippen molar-refractivity contribution in [3.05, 3.63) is 23.0 Å². The topological polar surface area (TPSA) is 81.7 Å². The first-order valence-corrected chi connectivity index (χ1v) is 10.4. The summed E-state index contributed by atoms with van der Waals surface area (Å²) in [5.74, 6) is -0.0973. The van der Waals surface area contributed by atoms with Crippen LogP contribution < -0.4 is 14.3 Å².